The van der Waals surface area contributed by atoms with Gasteiger partial charge in [0.15, 0.2) is 6.29 Å². The highest BCUT2D eigenvalue weighted by Gasteiger charge is 1.95. The maximum absolute atomic E-state index is 9.99. The molecule has 0 fully saturated rings. The van der Waals surface area contributed by atoms with Crippen LogP contribution in [0.5, 0.6) is 0 Å². The van der Waals surface area contributed by atoms with Crippen LogP contribution in [0.25, 0.3) is 0 Å². The Balaban J connectivity index is 0.000000292. The molecule has 0 atom stereocenters. The highest BCUT2D eigenvalue weighted by molar-refractivity contribution is 9.10. The van der Waals surface area contributed by atoms with Gasteiger partial charge in [-0.15, -0.1) is 0 Å². The number of hydrogen-bond acceptors (Lipinski definition) is 3. The molecule has 1 aromatic heterocycles. The van der Waals surface area contributed by atoms with E-state index in [0.717, 1.165) is 0 Å². The van der Waals surface area contributed by atoms with Gasteiger partial charge in [-0.3, -0.25) is 9.89 Å². The number of H-pyrrole nitrogens is 1. The minimum absolute atomic E-state index is 0.477. The first-order chi connectivity index (χ1) is 5.26. The molecule has 0 amide bonds. The Kier molecular flexibility index (Phi) is 5.68. The Labute approximate surface area is 73.1 Å². The lowest BCUT2D eigenvalue weighted by Crippen LogP contribution is -1.77. The number of aromatic nitrogens is 2. The summed E-state index contributed by atoms with van der Waals surface area (Å²) in [7, 11) is 3.25. The molecule has 0 saturated heterocycles. The van der Waals surface area contributed by atoms with E-state index >= 15 is 0 Å². The van der Waals surface area contributed by atoms with Crippen molar-refractivity contribution in [3.63, 3.8) is 0 Å². The monoisotopic (exact) mass is 220 g/mol. The summed E-state index contributed by atoms with van der Waals surface area (Å²) in [4.78, 5) is 9.99. The van der Waals surface area contributed by atoms with Crippen LogP contribution in [0.2, 0.25) is 0 Å². The van der Waals surface area contributed by atoms with Crippen LogP contribution in [0.4, 0.5) is 0 Å². The van der Waals surface area contributed by atoms with Gasteiger partial charge in [0.1, 0.15) is 5.69 Å². The maximum atomic E-state index is 9.99. The summed E-state index contributed by atoms with van der Waals surface area (Å²) < 4.78 is 4.95. The van der Waals surface area contributed by atoms with Crippen molar-refractivity contribution in [2.24, 2.45) is 0 Å². The Hall–Kier alpha value is -0.680. The van der Waals surface area contributed by atoms with Crippen molar-refractivity contribution in [1.82, 2.24) is 10.2 Å². The number of aromatic amines is 1. The topological polar surface area (TPSA) is 55.0 Å². The molecule has 1 N–H and O–H groups in total. The van der Waals surface area contributed by atoms with Crippen LogP contribution < -0.4 is 0 Å². The number of methoxy groups -OCH3 is 1. The Morgan fingerprint density at radius 1 is 1.73 bits per heavy atom. The maximum Gasteiger partial charge on any atom is 0.169 e. The fraction of sp³-hybridized carbons (Fsp3) is 0.333. The number of carbonyl (C=O) groups excluding carboxylic acids is 1. The highest BCUT2D eigenvalue weighted by Crippen LogP contribution is 2.08. The summed E-state index contributed by atoms with van der Waals surface area (Å²) in [5.74, 6) is 0. The summed E-state index contributed by atoms with van der Waals surface area (Å²) >= 11 is 3.10. The predicted octanol–water partition coefficient (Wildman–Crippen LogP) is 1.25. The van der Waals surface area contributed by atoms with E-state index < -0.39 is 0 Å². The van der Waals surface area contributed by atoms with Gasteiger partial charge >= 0.3 is 0 Å². The van der Waals surface area contributed by atoms with E-state index in [1.165, 1.54) is 6.20 Å². The molecule has 0 unspecified atom stereocenters. The van der Waals surface area contributed by atoms with Crippen molar-refractivity contribution in [2.45, 2.75) is 0 Å². The first kappa shape index (κ1) is 10.3. The lowest BCUT2D eigenvalue weighted by molar-refractivity contribution is 0.111. The van der Waals surface area contributed by atoms with Gasteiger partial charge in [-0.05, 0) is 15.9 Å². The number of hydrogen-bond donors (Lipinski definition) is 1. The van der Waals surface area contributed by atoms with Crippen molar-refractivity contribution >= 4 is 22.2 Å². The van der Waals surface area contributed by atoms with E-state index in [9.17, 15) is 4.79 Å². The van der Waals surface area contributed by atoms with Crippen LogP contribution in [-0.4, -0.2) is 30.7 Å². The number of aldehydes is 1. The van der Waals surface area contributed by atoms with Crippen LogP contribution >= 0.6 is 15.9 Å². The van der Waals surface area contributed by atoms with Crippen molar-refractivity contribution in [3.8, 4) is 0 Å². The third-order valence-electron chi connectivity index (χ3n) is 0.738. The largest absolute Gasteiger partial charge is 0.388 e. The molecule has 0 spiro atoms. The van der Waals surface area contributed by atoms with E-state index in [1.54, 1.807) is 14.2 Å². The van der Waals surface area contributed by atoms with E-state index in [-0.39, 0.29) is 0 Å². The zero-order valence-electron chi connectivity index (χ0n) is 6.30. The third-order valence-corrected chi connectivity index (χ3v) is 1.37. The van der Waals surface area contributed by atoms with Gasteiger partial charge in [0.05, 0.1) is 10.7 Å². The zero-order valence-corrected chi connectivity index (χ0v) is 7.88. The van der Waals surface area contributed by atoms with Crippen LogP contribution in [0.15, 0.2) is 10.7 Å². The van der Waals surface area contributed by atoms with Crippen molar-refractivity contribution in [2.75, 3.05) is 14.2 Å². The minimum atomic E-state index is 0.477. The van der Waals surface area contributed by atoms with Crippen LogP contribution in [0.1, 0.15) is 10.5 Å². The minimum Gasteiger partial charge on any atom is -0.388 e. The van der Waals surface area contributed by atoms with Crippen LogP contribution in [-0.2, 0) is 4.74 Å². The Morgan fingerprint density at radius 2 is 2.27 bits per heavy atom. The molecule has 1 rings (SSSR count). The average molecular weight is 221 g/mol. The van der Waals surface area contributed by atoms with E-state index in [1.807, 2.05) is 0 Å². The number of carbonyl (C=O) groups is 1. The van der Waals surface area contributed by atoms with Crippen molar-refractivity contribution in [3.05, 3.63) is 16.4 Å². The molecule has 5 heteroatoms. The predicted molar refractivity (Wildman–Crippen MR) is 44.6 cm³/mol. The molecule has 0 saturated carbocycles. The standard InChI is InChI=1S/C4H3BrN2O.C2H6O/c5-3-1-6-7-4(3)2-8;1-3-2/h1-2H,(H,6,7);1-2H3. The fourth-order valence-electron chi connectivity index (χ4n) is 0.364. The SMILES string of the molecule is COC.O=Cc1[nH]ncc1Br. The number of halogens is 1. The summed E-state index contributed by atoms with van der Waals surface area (Å²) in [6.07, 6.45) is 2.24. The second-order valence-corrected chi connectivity index (χ2v) is 2.51. The number of nitrogens with zero attached hydrogens (tertiary/aromatic N) is 1. The van der Waals surface area contributed by atoms with Crippen molar-refractivity contribution < 1.29 is 9.53 Å². The van der Waals surface area contributed by atoms with Crippen LogP contribution in [0, 0.1) is 0 Å². The summed E-state index contributed by atoms with van der Waals surface area (Å²) in [6.45, 7) is 0. The molecule has 11 heavy (non-hydrogen) atoms. The second kappa shape index (κ2) is 6.06. The van der Waals surface area contributed by atoms with Gasteiger partial charge in [0.25, 0.3) is 0 Å². The summed E-state index contributed by atoms with van der Waals surface area (Å²) in [5, 5.41) is 6.08. The van der Waals surface area contributed by atoms with Gasteiger partial charge in [-0.25, -0.2) is 0 Å². The molecular weight excluding hydrogens is 212 g/mol. The quantitative estimate of drug-likeness (QED) is 0.726. The highest BCUT2D eigenvalue weighted by atomic mass is 79.9. The number of rotatable bonds is 1. The molecule has 0 aliphatic carbocycles. The van der Waals surface area contributed by atoms with Gasteiger partial charge in [-0.1, -0.05) is 0 Å². The van der Waals surface area contributed by atoms with Gasteiger partial charge < -0.3 is 4.74 Å². The average Bonchev–Trinajstić information content (AvgIpc) is 2.36. The molecule has 0 bridgehead atoms. The Bertz CT molecular complexity index is 212. The van der Waals surface area contributed by atoms with Gasteiger partial charge in [-0.2, -0.15) is 5.10 Å². The lowest BCUT2D eigenvalue weighted by atomic mass is 10.5. The van der Waals surface area contributed by atoms with Gasteiger partial charge in [0.2, 0.25) is 0 Å². The fourth-order valence-corrected chi connectivity index (χ4v) is 0.649. The first-order valence-corrected chi connectivity index (χ1v) is 3.59. The molecule has 0 aliphatic rings. The molecule has 0 aromatic carbocycles. The van der Waals surface area contributed by atoms with Crippen molar-refractivity contribution in [1.29, 1.82) is 0 Å². The molecule has 0 radical (unpaired) electrons. The molecule has 62 valence electrons. The molecule has 1 aromatic rings. The van der Waals surface area contributed by atoms with E-state index in [2.05, 4.69) is 30.9 Å². The molecular formula is C6H9BrN2O2. The van der Waals surface area contributed by atoms with Gasteiger partial charge in [0, 0.05) is 14.2 Å². The number of ether oxygens (including phenoxy) is 1. The molecule has 4 nitrogen and oxygen atoms in total. The molecule has 1 heterocycles. The van der Waals surface area contributed by atoms with E-state index in [0.29, 0.717) is 16.5 Å². The normalized spacial score (nSPS) is 8.27. The second-order valence-electron chi connectivity index (χ2n) is 1.66. The van der Waals surface area contributed by atoms with Crippen LogP contribution in [0.3, 0.4) is 0 Å². The Morgan fingerprint density at radius 3 is 2.45 bits per heavy atom. The third kappa shape index (κ3) is 3.90. The van der Waals surface area contributed by atoms with E-state index in [4.69, 9.17) is 0 Å². The lowest BCUT2D eigenvalue weighted by Gasteiger charge is -1.75. The first-order valence-electron chi connectivity index (χ1n) is 2.80. The summed E-state index contributed by atoms with van der Waals surface area (Å²) in [6, 6.07) is 0. The number of nitrogens with one attached hydrogen (secondary N) is 1. The molecule has 0 aliphatic heterocycles. The zero-order chi connectivity index (χ0) is 8.69. The summed E-state index contributed by atoms with van der Waals surface area (Å²) in [5.41, 5.74) is 0.477. The smallest absolute Gasteiger partial charge is 0.169 e.